The second-order valence-corrected chi connectivity index (χ2v) is 6.27. The highest BCUT2D eigenvalue weighted by Gasteiger charge is 2.22. The van der Waals surface area contributed by atoms with Crippen molar-refractivity contribution in [2.24, 2.45) is 0 Å². The van der Waals surface area contributed by atoms with Crippen LogP contribution in [0.5, 0.6) is 0 Å². The molecule has 0 amide bonds. The lowest BCUT2D eigenvalue weighted by Gasteiger charge is -2.35. The first kappa shape index (κ1) is 13.6. The summed E-state index contributed by atoms with van der Waals surface area (Å²) in [7, 11) is 4.26. The predicted octanol–water partition coefficient (Wildman–Crippen LogP) is 1.60. The van der Waals surface area contributed by atoms with Gasteiger partial charge in [-0.1, -0.05) is 0 Å². The third-order valence-electron chi connectivity index (χ3n) is 4.04. The molecule has 2 N–H and O–H groups in total. The van der Waals surface area contributed by atoms with Crippen LogP contribution in [0.3, 0.4) is 0 Å². The summed E-state index contributed by atoms with van der Waals surface area (Å²) in [5, 5.41) is 4.20. The van der Waals surface area contributed by atoms with Crippen molar-refractivity contribution >= 4 is 33.2 Å². The van der Waals surface area contributed by atoms with Crippen LogP contribution in [0.4, 0.5) is 11.6 Å². The van der Waals surface area contributed by atoms with Gasteiger partial charge in [0.2, 0.25) is 0 Å². The van der Waals surface area contributed by atoms with Gasteiger partial charge in [-0.05, 0) is 48.9 Å². The number of nitrogen functional groups attached to an aromatic ring is 1. The minimum Gasteiger partial charge on any atom is -0.383 e. The molecule has 0 radical (unpaired) electrons. The smallest absolute Gasteiger partial charge is 0.173 e. The van der Waals surface area contributed by atoms with Crippen molar-refractivity contribution in [1.29, 1.82) is 0 Å². The highest BCUT2D eigenvalue weighted by molar-refractivity contribution is 9.10. The van der Waals surface area contributed by atoms with Crippen LogP contribution in [0.1, 0.15) is 12.8 Å². The van der Waals surface area contributed by atoms with Gasteiger partial charge < -0.3 is 15.5 Å². The van der Waals surface area contributed by atoms with Crippen molar-refractivity contribution in [2.75, 3.05) is 37.8 Å². The minimum absolute atomic E-state index is 0.516. The van der Waals surface area contributed by atoms with E-state index in [1.165, 1.54) is 0 Å². The molecule has 1 aliphatic heterocycles. The number of nitrogens with two attached hydrogens (primary N) is 1. The number of piperidine rings is 1. The average Bonchev–Trinajstić information content (AvgIpc) is 2.81. The standard InChI is InChI=1S/C13H19BrN6/c1-18-5-3-9(4-6-18)19(2)12-7-11(15)20-13(17-12)10(14)8-16-20/h7-9H,3-6,15H2,1-2H3. The molecule has 0 atom stereocenters. The van der Waals surface area contributed by atoms with Crippen LogP contribution in [0.15, 0.2) is 16.7 Å². The molecule has 20 heavy (non-hydrogen) atoms. The van der Waals surface area contributed by atoms with E-state index >= 15 is 0 Å². The maximum Gasteiger partial charge on any atom is 0.173 e. The number of likely N-dealkylation sites (tertiary alicyclic amines) is 1. The van der Waals surface area contributed by atoms with Gasteiger partial charge in [-0.25, -0.2) is 4.98 Å². The first-order valence-corrected chi connectivity index (χ1v) is 7.56. The highest BCUT2D eigenvalue weighted by Crippen LogP contribution is 2.25. The Balaban J connectivity index is 1.91. The van der Waals surface area contributed by atoms with E-state index in [0.717, 1.165) is 41.9 Å². The molecule has 1 aliphatic rings. The van der Waals surface area contributed by atoms with Crippen LogP contribution in [-0.2, 0) is 0 Å². The molecule has 0 aromatic carbocycles. The van der Waals surface area contributed by atoms with Crippen LogP contribution >= 0.6 is 15.9 Å². The summed E-state index contributed by atoms with van der Waals surface area (Å²) in [6, 6.07) is 2.41. The van der Waals surface area contributed by atoms with E-state index in [4.69, 9.17) is 5.73 Å². The number of hydrogen-bond acceptors (Lipinski definition) is 5. The normalized spacial score (nSPS) is 17.8. The zero-order chi connectivity index (χ0) is 14.3. The van der Waals surface area contributed by atoms with E-state index in [1.54, 1.807) is 10.7 Å². The summed E-state index contributed by atoms with van der Waals surface area (Å²) in [6.07, 6.45) is 4.03. The van der Waals surface area contributed by atoms with Crippen molar-refractivity contribution in [3.8, 4) is 0 Å². The van der Waals surface area contributed by atoms with Gasteiger partial charge in [0.05, 0.1) is 10.7 Å². The maximum absolute atomic E-state index is 6.06. The van der Waals surface area contributed by atoms with Crippen LogP contribution in [0.2, 0.25) is 0 Å². The Hall–Kier alpha value is -1.34. The fraction of sp³-hybridized carbons (Fsp3) is 0.538. The molecule has 0 bridgehead atoms. The molecule has 108 valence electrons. The number of rotatable bonds is 2. The Bertz CT molecular complexity index is 617. The monoisotopic (exact) mass is 338 g/mol. The molecule has 6 nitrogen and oxygen atoms in total. The number of hydrogen-bond donors (Lipinski definition) is 1. The number of nitrogens with zero attached hydrogens (tertiary/aromatic N) is 5. The van der Waals surface area contributed by atoms with E-state index in [9.17, 15) is 0 Å². The number of aromatic nitrogens is 3. The fourth-order valence-electron chi connectivity index (χ4n) is 2.70. The predicted molar refractivity (Wildman–Crippen MR) is 84.0 cm³/mol. The third kappa shape index (κ3) is 2.35. The van der Waals surface area contributed by atoms with Crippen LogP contribution < -0.4 is 10.6 Å². The van der Waals surface area contributed by atoms with Crippen molar-refractivity contribution in [3.05, 3.63) is 16.7 Å². The summed E-state index contributed by atoms with van der Waals surface area (Å²) in [5.41, 5.74) is 6.83. The summed E-state index contributed by atoms with van der Waals surface area (Å²) < 4.78 is 2.51. The van der Waals surface area contributed by atoms with Gasteiger partial charge in [-0.15, -0.1) is 0 Å². The Morgan fingerprint density at radius 2 is 2.10 bits per heavy atom. The minimum atomic E-state index is 0.516. The second kappa shape index (κ2) is 5.21. The zero-order valence-corrected chi connectivity index (χ0v) is 13.3. The molecular formula is C13H19BrN6. The molecule has 0 saturated carbocycles. The lowest BCUT2D eigenvalue weighted by Crippen LogP contribution is -2.42. The molecule has 2 aromatic heterocycles. The second-order valence-electron chi connectivity index (χ2n) is 5.41. The zero-order valence-electron chi connectivity index (χ0n) is 11.8. The molecule has 3 rings (SSSR count). The van der Waals surface area contributed by atoms with Crippen LogP contribution in [0.25, 0.3) is 5.65 Å². The molecule has 2 aromatic rings. The van der Waals surface area contributed by atoms with Crippen molar-refractivity contribution < 1.29 is 0 Å². The van der Waals surface area contributed by atoms with Gasteiger partial charge >= 0.3 is 0 Å². The Labute approximate surface area is 126 Å². The van der Waals surface area contributed by atoms with Crippen molar-refractivity contribution in [1.82, 2.24) is 19.5 Å². The van der Waals surface area contributed by atoms with Gasteiger partial charge in [0.25, 0.3) is 0 Å². The van der Waals surface area contributed by atoms with E-state index in [-0.39, 0.29) is 0 Å². The molecule has 1 saturated heterocycles. The molecule has 0 unspecified atom stereocenters. The maximum atomic E-state index is 6.06. The molecule has 3 heterocycles. The Kier molecular flexibility index (Phi) is 3.55. The number of halogens is 1. The van der Waals surface area contributed by atoms with E-state index in [2.05, 4.69) is 49.9 Å². The van der Waals surface area contributed by atoms with Gasteiger partial charge in [-0.2, -0.15) is 9.61 Å². The third-order valence-corrected chi connectivity index (χ3v) is 4.60. The van der Waals surface area contributed by atoms with Crippen molar-refractivity contribution in [3.63, 3.8) is 0 Å². The van der Waals surface area contributed by atoms with Gasteiger partial charge in [0.15, 0.2) is 5.65 Å². The molecule has 7 heteroatoms. The number of fused-ring (bicyclic) bond motifs is 1. The summed E-state index contributed by atoms with van der Waals surface area (Å²) in [6.45, 7) is 2.26. The number of anilines is 2. The van der Waals surface area contributed by atoms with Gasteiger partial charge in [0.1, 0.15) is 11.6 Å². The largest absolute Gasteiger partial charge is 0.383 e. The molecule has 0 aliphatic carbocycles. The Morgan fingerprint density at radius 1 is 1.40 bits per heavy atom. The fourth-order valence-corrected chi connectivity index (χ4v) is 3.04. The summed E-state index contributed by atoms with van der Waals surface area (Å²) in [5.74, 6) is 1.52. The first-order valence-electron chi connectivity index (χ1n) is 6.77. The average molecular weight is 339 g/mol. The van der Waals surface area contributed by atoms with Gasteiger partial charge in [-0.3, -0.25) is 0 Å². The topological polar surface area (TPSA) is 62.7 Å². The van der Waals surface area contributed by atoms with E-state index in [1.807, 2.05) is 6.07 Å². The molecular weight excluding hydrogens is 320 g/mol. The SMILES string of the molecule is CN1CCC(N(C)c2cc(N)n3ncc(Br)c3n2)CC1. The van der Waals surface area contributed by atoms with E-state index < -0.39 is 0 Å². The van der Waals surface area contributed by atoms with Gasteiger partial charge in [0, 0.05) is 19.2 Å². The van der Waals surface area contributed by atoms with Crippen molar-refractivity contribution in [2.45, 2.75) is 18.9 Å². The quantitative estimate of drug-likeness (QED) is 0.901. The Morgan fingerprint density at radius 3 is 2.80 bits per heavy atom. The van der Waals surface area contributed by atoms with Crippen LogP contribution in [0, 0.1) is 0 Å². The lowest BCUT2D eigenvalue weighted by molar-refractivity contribution is 0.252. The lowest BCUT2D eigenvalue weighted by atomic mass is 10.0. The summed E-state index contributed by atoms with van der Waals surface area (Å²) in [4.78, 5) is 9.28. The highest BCUT2D eigenvalue weighted by atomic mass is 79.9. The van der Waals surface area contributed by atoms with Crippen LogP contribution in [-0.4, -0.2) is 52.7 Å². The molecule has 0 spiro atoms. The molecule has 1 fully saturated rings. The summed E-state index contributed by atoms with van der Waals surface area (Å²) >= 11 is 3.46. The first-order chi connectivity index (χ1) is 9.56. The van der Waals surface area contributed by atoms with E-state index in [0.29, 0.717) is 11.9 Å².